The number of amides is 1. The van der Waals surface area contributed by atoms with Gasteiger partial charge in [-0.25, -0.2) is 0 Å². The summed E-state index contributed by atoms with van der Waals surface area (Å²) in [6.45, 7) is 0. The lowest BCUT2D eigenvalue weighted by molar-refractivity contribution is -0.119. The van der Waals surface area contributed by atoms with Gasteiger partial charge >= 0.3 is 0 Å². The van der Waals surface area contributed by atoms with Gasteiger partial charge < -0.3 is 10.6 Å². The van der Waals surface area contributed by atoms with Crippen molar-refractivity contribution in [3.63, 3.8) is 0 Å². The van der Waals surface area contributed by atoms with Crippen LogP contribution < -0.4 is 10.6 Å². The highest BCUT2D eigenvalue weighted by Gasteiger charge is 2.19. The zero-order valence-corrected chi connectivity index (χ0v) is 16.2. The second-order valence-corrected chi connectivity index (χ2v) is 7.51. The van der Waals surface area contributed by atoms with Gasteiger partial charge in [-0.15, -0.1) is 11.8 Å². The molecule has 27 heavy (non-hydrogen) atoms. The number of benzene rings is 3. The highest BCUT2D eigenvalue weighted by atomic mass is 32.2. The van der Waals surface area contributed by atoms with Gasteiger partial charge in [0.1, 0.15) is 0 Å². The summed E-state index contributed by atoms with van der Waals surface area (Å²) >= 11 is 1.78. The van der Waals surface area contributed by atoms with Crippen LogP contribution in [0.15, 0.2) is 89.8 Å². The van der Waals surface area contributed by atoms with E-state index in [-0.39, 0.29) is 5.91 Å². The Labute approximate surface area is 165 Å². The molecule has 0 radical (unpaired) electrons. The maximum absolute atomic E-state index is 12.6. The van der Waals surface area contributed by atoms with Gasteiger partial charge in [0.25, 0.3) is 0 Å². The number of hydrogen-bond acceptors (Lipinski definition) is 3. The van der Waals surface area contributed by atoms with Crippen molar-refractivity contribution in [2.75, 3.05) is 11.9 Å². The molecule has 0 saturated carbocycles. The molecule has 1 amide bonds. The van der Waals surface area contributed by atoms with E-state index in [1.165, 1.54) is 10.5 Å². The van der Waals surface area contributed by atoms with Crippen LogP contribution in [0.5, 0.6) is 0 Å². The van der Waals surface area contributed by atoms with E-state index in [4.69, 9.17) is 5.73 Å². The standard InChI is InChI=1S/C23H24N2OS/c1-25(23(26)22(24)16-18-8-4-2-5-9-18)20-12-14-21(15-13-20)27-17-19-10-6-3-7-11-19/h2-15,22H,16-17,24H2,1H3/t22-/m0/s1. The predicted octanol–water partition coefficient (Wildman–Crippen LogP) is 4.51. The Morgan fingerprint density at radius 3 is 2.04 bits per heavy atom. The molecule has 0 aliphatic heterocycles. The van der Waals surface area contributed by atoms with E-state index in [1.807, 2.05) is 48.5 Å². The van der Waals surface area contributed by atoms with Crippen LogP contribution in [0.2, 0.25) is 0 Å². The molecule has 0 heterocycles. The SMILES string of the molecule is CN(C(=O)[C@@H](N)Cc1ccccc1)c1ccc(SCc2ccccc2)cc1. The summed E-state index contributed by atoms with van der Waals surface area (Å²) in [6, 6.07) is 27.7. The van der Waals surface area contributed by atoms with E-state index in [9.17, 15) is 4.79 Å². The van der Waals surface area contributed by atoms with Crippen LogP contribution in [0.25, 0.3) is 0 Å². The van der Waals surface area contributed by atoms with E-state index in [2.05, 4.69) is 36.4 Å². The largest absolute Gasteiger partial charge is 0.320 e. The summed E-state index contributed by atoms with van der Waals surface area (Å²) in [5.41, 5.74) is 9.35. The maximum Gasteiger partial charge on any atom is 0.243 e. The lowest BCUT2D eigenvalue weighted by Crippen LogP contribution is -2.43. The van der Waals surface area contributed by atoms with Gasteiger partial charge in [-0.2, -0.15) is 0 Å². The molecule has 138 valence electrons. The predicted molar refractivity (Wildman–Crippen MR) is 114 cm³/mol. The van der Waals surface area contributed by atoms with Crippen molar-refractivity contribution in [1.82, 2.24) is 0 Å². The molecular formula is C23H24N2OS. The van der Waals surface area contributed by atoms with Crippen molar-refractivity contribution in [2.45, 2.75) is 23.1 Å². The summed E-state index contributed by atoms with van der Waals surface area (Å²) in [4.78, 5) is 15.5. The van der Waals surface area contributed by atoms with E-state index in [0.29, 0.717) is 6.42 Å². The normalized spacial score (nSPS) is 11.8. The molecule has 0 aliphatic rings. The second-order valence-electron chi connectivity index (χ2n) is 6.46. The van der Waals surface area contributed by atoms with Crippen LogP contribution in [0, 0.1) is 0 Å². The number of nitrogens with two attached hydrogens (primary N) is 1. The van der Waals surface area contributed by atoms with E-state index >= 15 is 0 Å². The molecule has 2 N–H and O–H groups in total. The molecular weight excluding hydrogens is 352 g/mol. The Morgan fingerprint density at radius 2 is 1.44 bits per heavy atom. The van der Waals surface area contributed by atoms with Crippen LogP contribution in [0.1, 0.15) is 11.1 Å². The van der Waals surface area contributed by atoms with Crippen LogP contribution >= 0.6 is 11.8 Å². The highest BCUT2D eigenvalue weighted by Crippen LogP contribution is 2.25. The molecule has 3 nitrogen and oxygen atoms in total. The van der Waals surface area contributed by atoms with Crippen LogP contribution in [0.3, 0.4) is 0 Å². The summed E-state index contributed by atoms with van der Waals surface area (Å²) in [6.07, 6.45) is 0.537. The molecule has 3 aromatic rings. The summed E-state index contributed by atoms with van der Waals surface area (Å²) < 4.78 is 0. The maximum atomic E-state index is 12.6. The Kier molecular flexibility index (Phi) is 6.69. The van der Waals surface area contributed by atoms with Crippen molar-refractivity contribution < 1.29 is 4.79 Å². The van der Waals surface area contributed by atoms with Gasteiger partial charge in [0.2, 0.25) is 5.91 Å². The Morgan fingerprint density at radius 1 is 0.889 bits per heavy atom. The first-order chi connectivity index (χ1) is 13.1. The first-order valence-electron chi connectivity index (χ1n) is 8.97. The first-order valence-corrected chi connectivity index (χ1v) is 9.96. The first kappa shape index (κ1) is 19.2. The van der Waals surface area contributed by atoms with E-state index in [1.54, 1.807) is 23.7 Å². The molecule has 1 atom stereocenters. The number of carbonyl (C=O) groups is 1. The molecule has 3 rings (SSSR count). The monoisotopic (exact) mass is 376 g/mol. The molecule has 0 aliphatic carbocycles. The van der Waals surface area contributed by atoms with Crippen LogP contribution in [-0.4, -0.2) is 19.0 Å². The fraction of sp³-hybridized carbons (Fsp3) is 0.174. The Bertz CT molecular complexity index is 851. The van der Waals surface area contributed by atoms with Crippen LogP contribution in [0.4, 0.5) is 5.69 Å². The van der Waals surface area contributed by atoms with Crippen molar-refractivity contribution in [2.24, 2.45) is 5.73 Å². The number of rotatable bonds is 7. The molecule has 0 aromatic heterocycles. The molecule has 0 saturated heterocycles. The van der Waals surface area contributed by atoms with Gasteiger partial charge in [-0.05, 0) is 41.8 Å². The minimum absolute atomic E-state index is 0.0801. The third-order valence-electron chi connectivity index (χ3n) is 4.42. The van der Waals surface area contributed by atoms with E-state index < -0.39 is 6.04 Å². The summed E-state index contributed by atoms with van der Waals surface area (Å²) in [5, 5.41) is 0. The van der Waals surface area contributed by atoms with Gasteiger partial charge in [0.05, 0.1) is 6.04 Å². The van der Waals surface area contributed by atoms with Gasteiger partial charge in [-0.1, -0.05) is 60.7 Å². The zero-order valence-electron chi connectivity index (χ0n) is 15.4. The number of carbonyl (C=O) groups excluding carboxylic acids is 1. The van der Waals surface area contributed by atoms with Crippen molar-refractivity contribution in [3.8, 4) is 0 Å². The zero-order chi connectivity index (χ0) is 19.1. The van der Waals surface area contributed by atoms with Crippen LogP contribution in [-0.2, 0) is 17.0 Å². The molecule has 3 aromatic carbocycles. The van der Waals surface area contributed by atoms with Gasteiger partial charge in [0.15, 0.2) is 0 Å². The molecule has 0 unspecified atom stereocenters. The third kappa shape index (κ3) is 5.46. The van der Waals surface area contributed by atoms with Gasteiger partial charge in [0, 0.05) is 23.4 Å². The average molecular weight is 377 g/mol. The lowest BCUT2D eigenvalue weighted by atomic mass is 10.1. The molecule has 0 spiro atoms. The minimum atomic E-state index is -0.551. The quantitative estimate of drug-likeness (QED) is 0.617. The summed E-state index contributed by atoms with van der Waals surface area (Å²) in [7, 11) is 1.78. The fourth-order valence-electron chi connectivity index (χ4n) is 2.84. The van der Waals surface area contributed by atoms with Crippen molar-refractivity contribution in [1.29, 1.82) is 0 Å². The van der Waals surface area contributed by atoms with E-state index in [0.717, 1.165) is 17.0 Å². The third-order valence-corrected chi connectivity index (χ3v) is 5.50. The number of hydrogen-bond donors (Lipinski definition) is 1. The average Bonchev–Trinajstić information content (AvgIpc) is 2.73. The minimum Gasteiger partial charge on any atom is -0.320 e. The molecule has 0 fully saturated rings. The molecule has 0 bridgehead atoms. The fourth-order valence-corrected chi connectivity index (χ4v) is 3.69. The molecule has 4 heteroatoms. The second kappa shape index (κ2) is 9.40. The number of thioether (sulfide) groups is 1. The van der Waals surface area contributed by atoms with Crippen molar-refractivity contribution >= 4 is 23.4 Å². The number of likely N-dealkylation sites (N-methyl/N-ethyl adjacent to an activating group) is 1. The summed E-state index contributed by atoms with van der Waals surface area (Å²) in [5.74, 6) is 0.847. The smallest absolute Gasteiger partial charge is 0.243 e. The Hall–Kier alpha value is -2.56. The number of nitrogens with zero attached hydrogens (tertiary/aromatic N) is 1. The van der Waals surface area contributed by atoms with Gasteiger partial charge in [-0.3, -0.25) is 4.79 Å². The Balaban J connectivity index is 1.57. The van der Waals surface area contributed by atoms with Crippen molar-refractivity contribution in [3.05, 3.63) is 96.1 Å². The lowest BCUT2D eigenvalue weighted by Gasteiger charge is -2.21. The highest BCUT2D eigenvalue weighted by molar-refractivity contribution is 7.98. The number of anilines is 1. The topological polar surface area (TPSA) is 46.3 Å².